The highest BCUT2D eigenvalue weighted by molar-refractivity contribution is 8.27. The molecule has 0 amide bonds. The number of hydrogen-bond acceptors (Lipinski definition) is 2. The minimum Gasteiger partial charge on any atom is -0.427 e. The van der Waals surface area contributed by atoms with Crippen LogP contribution in [0.15, 0.2) is 23.8 Å². The third-order valence-corrected chi connectivity index (χ3v) is 1.78. The van der Waals surface area contributed by atoms with Gasteiger partial charge in [-0.2, -0.15) is 0 Å². The van der Waals surface area contributed by atoms with Gasteiger partial charge in [-0.25, -0.2) is 0 Å². The highest BCUT2D eigenvalue weighted by atomic mass is 32.8. The predicted molar refractivity (Wildman–Crippen MR) is 34.1 cm³/mol. The lowest BCUT2D eigenvalue weighted by Gasteiger charge is -1.97. The molecule has 0 aromatic carbocycles. The third-order valence-electron chi connectivity index (χ3n) is 0.530. The summed E-state index contributed by atoms with van der Waals surface area (Å²) in [5, 5.41) is 1.84. The van der Waals surface area contributed by atoms with Crippen LogP contribution < -0.4 is 0 Å². The van der Waals surface area contributed by atoms with Crippen LogP contribution >= 0.6 is 0 Å². The van der Waals surface area contributed by atoms with Crippen LogP contribution in [-0.4, -0.2) is 0 Å². The molecular weight excluding hydrogens is 128 g/mol. The van der Waals surface area contributed by atoms with Crippen molar-refractivity contribution in [1.29, 1.82) is 0 Å². The quantitative estimate of drug-likeness (QED) is 0.487. The van der Waals surface area contributed by atoms with Crippen LogP contribution in [0.5, 0.6) is 0 Å². The van der Waals surface area contributed by atoms with Crippen molar-refractivity contribution in [1.82, 2.24) is 0 Å². The van der Waals surface area contributed by atoms with E-state index in [0.29, 0.717) is 0 Å². The third kappa shape index (κ3) is 1.41. The normalized spacial score (nSPS) is 27.1. The topological polar surface area (TPSA) is 9.23 Å². The van der Waals surface area contributed by atoms with Gasteiger partial charge in [-0.3, -0.25) is 0 Å². The van der Waals surface area contributed by atoms with E-state index in [1.54, 1.807) is 6.26 Å². The lowest BCUT2D eigenvalue weighted by atomic mass is 10.6. The van der Waals surface area contributed by atoms with Gasteiger partial charge in [0.25, 0.3) is 0 Å². The van der Waals surface area contributed by atoms with Crippen molar-refractivity contribution in [3.05, 3.63) is 23.8 Å². The second-order valence-electron chi connectivity index (χ2n) is 1.01. The molecular formula is C4H4OS2. The van der Waals surface area contributed by atoms with Crippen molar-refractivity contribution in [2.45, 2.75) is 0 Å². The van der Waals surface area contributed by atoms with E-state index in [4.69, 9.17) is 15.4 Å². The van der Waals surface area contributed by atoms with E-state index in [2.05, 4.69) is 0 Å². The van der Waals surface area contributed by atoms with Crippen LogP contribution in [0.2, 0.25) is 0 Å². The summed E-state index contributed by atoms with van der Waals surface area (Å²) in [7, 11) is -0.374. The maximum Gasteiger partial charge on any atom is 0.102 e. The Kier molecular flexibility index (Phi) is 1.59. The van der Waals surface area contributed by atoms with Gasteiger partial charge in [0.2, 0.25) is 0 Å². The minimum absolute atomic E-state index is 0.374. The summed E-state index contributed by atoms with van der Waals surface area (Å²) < 4.78 is 4.85. The van der Waals surface area contributed by atoms with Gasteiger partial charge < -0.3 is 4.18 Å². The first-order valence-corrected chi connectivity index (χ1v) is 3.94. The van der Waals surface area contributed by atoms with E-state index in [1.165, 1.54) is 0 Å². The van der Waals surface area contributed by atoms with Gasteiger partial charge in [0.15, 0.2) is 0 Å². The number of allylic oxidation sites excluding steroid dienone is 2. The summed E-state index contributed by atoms with van der Waals surface area (Å²) in [5.74, 6) is 0. The Morgan fingerprint density at radius 3 is 2.57 bits per heavy atom. The molecule has 0 saturated carbocycles. The second kappa shape index (κ2) is 2.23. The summed E-state index contributed by atoms with van der Waals surface area (Å²) in [6, 6.07) is 0. The van der Waals surface area contributed by atoms with Crippen LogP contribution in [0.3, 0.4) is 0 Å². The zero-order valence-corrected chi connectivity index (χ0v) is 5.17. The fourth-order valence-electron chi connectivity index (χ4n) is 0.274. The smallest absolute Gasteiger partial charge is 0.102 e. The molecule has 3 heteroatoms. The molecule has 1 heterocycles. The molecule has 0 aliphatic carbocycles. The summed E-state index contributed by atoms with van der Waals surface area (Å²) in [4.78, 5) is 0. The maximum absolute atomic E-state index is 4.85. The zero-order chi connectivity index (χ0) is 5.11. The minimum atomic E-state index is -0.374. The lowest BCUT2D eigenvalue weighted by Crippen LogP contribution is -1.84. The van der Waals surface area contributed by atoms with Gasteiger partial charge in [-0.15, -0.1) is 0 Å². The molecule has 0 N–H and O–H groups in total. The fourth-order valence-corrected chi connectivity index (χ4v) is 1.06. The SMILES string of the molecule is S=S1C=CC=CO1. The van der Waals surface area contributed by atoms with Crippen LogP contribution in [0, 0.1) is 0 Å². The molecule has 38 valence electrons. The summed E-state index contributed by atoms with van der Waals surface area (Å²) >= 11 is 4.76. The Balaban J connectivity index is 2.66. The van der Waals surface area contributed by atoms with Crippen LogP contribution in [0.25, 0.3) is 0 Å². The first-order valence-electron chi connectivity index (χ1n) is 1.80. The molecule has 1 nitrogen and oxygen atoms in total. The maximum atomic E-state index is 4.85. The van der Waals surface area contributed by atoms with Crippen LogP contribution in [0.1, 0.15) is 0 Å². The average Bonchev–Trinajstić information content (AvgIpc) is 1.69. The average molecular weight is 132 g/mol. The fraction of sp³-hybridized carbons (Fsp3) is 0. The van der Waals surface area contributed by atoms with E-state index in [-0.39, 0.29) is 9.74 Å². The van der Waals surface area contributed by atoms with Gasteiger partial charge in [-0.05, 0) is 23.3 Å². The van der Waals surface area contributed by atoms with Crippen LogP contribution in [-0.2, 0) is 25.1 Å². The molecule has 7 heavy (non-hydrogen) atoms. The van der Waals surface area contributed by atoms with Gasteiger partial charge in [0.05, 0.1) is 9.74 Å². The Morgan fingerprint density at radius 2 is 2.29 bits per heavy atom. The summed E-state index contributed by atoms with van der Waals surface area (Å²) in [5.41, 5.74) is 0. The second-order valence-corrected chi connectivity index (χ2v) is 2.98. The van der Waals surface area contributed by atoms with Crippen molar-refractivity contribution >= 4 is 20.9 Å². The molecule has 1 rings (SSSR count). The first kappa shape index (κ1) is 5.00. The van der Waals surface area contributed by atoms with Crippen molar-refractivity contribution in [3.8, 4) is 0 Å². The van der Waals surface area contributed by atoms with E-state index < -0.39 is 0 Å². The van der Waals surface area contributed by atoms with E-state index in [1.807, 2.05) is 17.6 Å². The van der Waals surface area contributed by atoms with Gasteiger partial charge >= 0.3 is 0 Å². The molecule has 0 aromatic rings. The van der Waals surface area contributed by atoms with Gasteiger partial charge in [0, 0.05) is 5.41 Å². The molecule has 1 aliphatic heterocycles. The Labute approximate surface area is 49.5 Å². The first-order chi connectivity index (χ1) is 3.39. The van der Waals surface area contributed by atoms with Crippen molar-refractivity contribution in [2.75, 3.05) is 0 Å². The molecule has 0 bridgehead atoms. The molecule has 0 fully saturated rings. The van der Waals surface area contributed by atoms with E-state index >= 15 is 0 Å². The Morgan fingerprint density at radius 1 is 1.43 bits per heavy atom. The summed E-state index contributed by atoms with van der Waals surface area (Å²) in [6.07, 6.45) is 5.31. The van der Waals surface area contributed by atoms with E-state index in [9.17, 15) is 0 Å². The Bertz CT molecular complexity index is 137. The monoisotopic (exact) mass is 132 g/mol. The molecule has 1 aliphatic rings. The van der Waals surface area contributed by atoms with Crippen molar-refractivity contribution < 1.29 is 4.18 Å². The summed E-state index contributed by atoms with van der Waals surface area (Å²) in [6.45, 7) is 0. The number of rotatable bonds is 0. The molecule has 0 radical (unpaired) electrons. The molecule has 0 saturated heterocycles. The van der Waals surface area contributed by atoms with Crippen molar-refractivity contribution in [3.63, 3.8) is 0 Å². The highest BCUT2D eigenvalue weighted by Gasteiger charge is 1.85. The van der Waals surface area contributed by atoms with E-state index in [0.717, 1.165) is 0 Å². The molecule has 0 aromatic heterocycles. The van der Waals surface area contributed by atoms with Gasteiger partial charge in [0.1, 0.15) is 6.26 Å². The zero-order valence-electron chi connectivity index (χ0n) is 3.53. The standard InChI is InChI=1S/C4H4OS2/c6-7-4-2-1-3-5-7/h1-4H. The molecule has 1 atom stereocenters. The highest BCUT2D eigenvalue weighted by Crippen LogP contribution is 1.96. The number of hydrogen-bond donors (Lipinski definition) is 0. The molecule has 1 unspecified atom stereocenters. The lowest BCUT2D eigenvalue weighted by molar-refractivity contribution is 0.563. The van der Waals surface area contributed by atoms with Crippen molar-refractivity contribution in [2.24, 2.45) is 0 Å². The largest absolute Gasteiger partial charge is 0.427 e. The Hall–Kier alpha value is -0.150. The molecule has 0 spiro atoms. The predicted octanol–water partition coefficient (Wildman–Crippen LogP) is 1.04. The van der Waals surface area contributed by atoms with Crippen LogP contribution in [0.4, 0.5) is 0 Å². The van der Waals surface area contributed by atoms with Gasteiger partial charge in [-0.1, -0.05) is 0 Å².